The summed E-state index contributed by atoms with van der Waals surface area (Å²) in [5.74, 6) is 0.308. The molecule has 0 aliphatic carbocycles. The Kier molecular flexibility index (Phi) is 5.49. The molecular formula is C13H20N2O2. The van der Waals surface area contributed by atoms with Gasteiger partial charge in [-0.15, -0.1) is 0 Å². The molecule has 1 amide bonds. The predicted octanol–water partition coefficient (Wildman–Crippen LogP) is 1.21. The molecule has 0 saturated carbocycles. The van der Waals surface area contributed by atoms with E-state index in [9.17, 15) is 4.79 Å². The topological polar surface area (TPSA) is 64.3 Å². The Balaban J connectivity index is 2.37. The Labute approximate surface area is 102 Å². The van der Waals surface area contributed by atoms with Crippen LogP contribution in [0.1, 0.15) is 12.5 Å². The molecule has 0 bridgehead atoms. The first-order chi connectivity index (χ1) is 8.13. The van der Waals surface area contributed by atoms with E-state index in [0.717, 1.165) is 5.56 Å². The van der Waals surface area contributed by atoms with Crippen LogP contribution in [0.2, 0.25) is 0 Å². The van der Waals surface area contributed by atoms with Gasteiger partial charge in [-0.25, -0.2) is 0 Å². The molecule has 94 valence electrons. The van der Waals surface area contributed by atoms with Crippen molar-refractivity contribution in [3.05, 3.63) is 29.8 Å². The molecule has 0 aliphatic rings. The Morgan fingerprint density at radius 3 is 2.82 bits per heavy atom. The van der Waals surface area contributed by atoms with Crippen molar-refractivity contribution in [2.24, 2.45) is 5.92 Å². The summed E-state index contributed by atoms with van der Waals surface area (Å²) in [5.41, 5.74) is 7.30. The average Bonchev–Trinajstić information content (AvgIpc) is 2.30. The summed E-state index contributed by atoms with van der Waals surface area (Å²) in [4.78, 5) is 11.7. The van der Waals surface area contributed by atoms with Crippen molar-refractivity contribution in [2.45, 2.75) is 13.3 Å². The van der Waals surface area contributed by atoms with Gasteiger partial charge in [-0.1, -0.05) is 25.1 Å². The smallest absolute Gasteiger partial charge is 0.224 e. The van der Waals surface area contributed by atoms with E-state index in [4.69, 9.17) is 10.5 Å². The molecule has 1 rings (SSSR count). The molecule has 0 aromatic heterocycles. The zero-order valence-corrected chi connectivity index (χ0v) is 10.4. The quantitative estimate of drug-likeness (QED) is 0.730. The zero-order valence-electron chi connectivity index (χ0n) is 10.4. The lowest BCUT2D eigenvalue weighted by atomic mass is 10.1. The number of nitrogen functional groups attached to an aromatic ring is 1. The molecule has 17 heavy (non-hydrogen) atoms. The van der Waals surface area contributed by atoms with Gasteiger partial charge in [-0.05, 0) is 17.5 Å². The summed E-state index contributed by atoms with van der Waals surface area (Å²) in [7, 11) is 1.66. The summed E-state index contributed by atoms with van der Waals surface area (Å²) < 4.78 is 5.00. The summed E-state index contributed by atoms with van der Waals surface area (Å²) in [5, 5.41) is 2.87. The van der Waals surface area contributed by atoms with Crippen molar-refractivity contribution in [3.63, 3.8) is 0 Å². The van der Waals surface area contributed by atoms with Crippen LogP contribution in [0.15, 0.2) is 24.3 Å². The van der Waals surface area contributed by atoms with Crippen molar-refractivity contribution in [2.75, 3.05) is 26.0 Å². The molecule has 1 aromatic carbocycles. The predicted molar refractivity (Wildman–Crippen MR) is 68.6 cm³/mol. The number of hydrogen-bond donors (Lipinski definition) is 2. The first-order valence-electron chi connectivity index (χ1n) is 5.72. The van der Waals surface area contributed by atoms with Gasteiger partial charge in [0.1, 0.15) is 0 Å². The minimum Gasteiger partial charge on any atom is -0.398 e. The summed E-state index contributed by atoms with van der Waals surface area (Å²) in [6.07, 6.45) is 0.326. The van der Waals surface area contributed by atoms with Crippen molar-refractivity contribution in [3.8, 4) is 0 Å². The van der Waals surface area contributed by atoms with E-state index in [1.807, 2.05) is 25.1 Å². The van der Waals surface area contributed by atoms with Gasteiger partial charge in [0.25, 0.3) is 0 Å². The molecule has 1 atom stereocenters. The highest BCUT2D eigenvalue weighted by Gasteiger charge is 2.07. The second-order valence-corrected chi connectivity index (χ2v) is 4.24. The summed E-state index contributed by atoms with van der Waals surface area (Å²) in [6, 6.07) is 7.41. The Morgan fingerprint density at radius 1 is 1.47 bits per heavy atom. The fourth-order valence-corrected chi connectivity index (χ4v) is 1.56. The maximum absolute atomic E-state index is 11.7. The second kappa shape index (κ2) is 6.91. The second-order valence-electron chi connectivity index (χ2n) is 4.24. The maximum atomic E-state index is 11.7. The van der Waals surface area contributed by atoms with Crippen molar-refractivity contribution < 1.29 is 9.53 Å². The van der Waals surface area contributed by atoms with E-state index in [1.54, 1.807) is 13.2 Å². The number of nitrogens with two attached hydrogens (primary N) is 1. The third-order valence-electron chi connectivity index (χ3n) is 2.50. The fraction of sp³-hybridized carbons (Fsp3) is 0.462. The van der Waals surface area contributed by atoms with Crippen LogP contribution in [0, 0.1) is 5.92 Å². The molecule has 0 saturated heterocycles. The highest BCUT2D eigenvalue weighted by Crippen LogP contribution is 2.10. The highest BCUT2D eigenvalue weighted by molar-refractivity contribution is 5.80. The number of methoxy groups -OCH3 is 1. The van der Waals surface area contributed by atoms with E-state index < -0.39 is 0 Å². The molecule has 0 heterocycles. The lowest BCUT2D eigenvalue weighted by molar-refractivity contribution is -0.120. The van der Waals surface area contributed by atoms with Crippen LogP contribution in [-0.4, -0.2) is 26.2 Å². The van der Waals surface area contributed by atoms with Gasteiger partial charge in [0, 0.05) is 19.3 Å². The molecule has 0 aliphatic heterocycles. The fourth-order valence-electron chi connectivity index (χ4n) is 1.56. The van der Waals surface area contributed by atoms with Crippen molar-refractivity contribution in [1.29, 1.82) is 0 Å². The number of rotatable bonds is 6. The number of carbonyl (C=O) groups excluding carboxylic acids is 1. The molecule has 1 unspecified atom stereocenters. The van der Waals surface area contributed by atoms with Gasteiger partial charge in [0.15, 0.2) is 0 Å². The van der Waals surface area contributed by atoms with Crippen molar-refractivity contribution >= 4 is 11.6 Å². The Bertz CT molecular complexity index is 366. The van der Waals surface area contributed by atoms with Crippen LogP contribution in [0.25, 0.3) is 0 Å². The third-order valence-corrected chi connectivity index (χ3v) is 2.50. The van der Waals surface area contributed by atoms with E-state index in [0.29, 0.717) is 31.2 Å². The highest BCUT2D eigenvalue weighted by atomic mass is 16.5. The number of para-hydroxylation sites is 1. The standard InChI is InChI=1S/C13H20N2O2/c1-10(9-17-2)8-15-13(16)7-11-5-3-4-6-12(11)14/h3-6,10H,7-9,14H2,1-2H3,(H,15,16). The van der Waals surface area contributed by atoms with E-state index in [-0.39, 0.29) is 5.91 Å². The van der Waals surface area contributed by atoms with Gasteiger partial charge in [-0.3, -0.25) is 4.79 Å². The lowest BCUT2D eigenvalue weighted by Crippen LogP contribution is -2.31. The number of carbonyl (C=O) groups is 1. The lowest BCUT2D eigenvalue weighted by Gasteiger charge is -2.12. The van der Waals surface area contributed by atoms with Crippen LogP contribution in [-0.2, 0) is 16.0 Å². The monoisotopic (exact) mass is 236 g/mol. The normalized spacial score (nSPS) is 12.1. The number of nitrogens with one attached hydrogen (secondary N) is 1. The number of amides is 1. The van der Waals surface area contributed by atoms with Crippen LogP contribution < -0.4 is 11.1 Å². The summed E-state index contributed by atoms with van der Waals surface area (Å²) in [6.45, 7) is 3.30. The van der Waals surface area contributed by atoms with E-state index in [1.165, 1.54) is 0 Å². The number of hydrogen-bond acceptors (Lipinski definition) is 3. The van der Waals surface area contributed by atoms with Gasteiger partial charge < -0.3 is 15.8 Å². The SMILES string of the molecule is COCC(C)CNC(=O)Cc1ccccc1N. The third kappa shape index (κ3) is 4.87. The Morgan fingerprint density at radius 2 is 2.18 bits per heavy atom. The minimum absolute atomic E-state index is 0.00847. The van der Waals surface area contributed by atoms with Crippen LogP contribution >= 0.6 is 0 Å². The minimum atomic E-state index is -0.00847. The van der Waals surface area contributed by atoms with Crippen LogP contribution in [0.5, 0.6) is 0 Å². The first kappa shape index (κ1) is 13.5. The van der Waals surface area contributed by atoms with Crippen LogP contribution in [0.3, 0.4) is 0 Å². The number of ether oxygens (including phenoxy) is 1. The van der Waals surface area contributed by atoms with E-state index >= 15 is 0 Å². The largest absolute Gasteiger partial charge is 0.398 e. The molecule has 3 N–H and O–H groups in total. The molecular weight excluding hydrogens is 216 g/mol. The molecule has 0 fully saturated rings. The van der Waals surface area contributed by atoms with Gasteiger partial charge >= 0.3 is 0 Å². The molecule has 4 nitrogen and oxygen atoms in total. The first-order valence-corrected chi connectivity index (χ1v) is 5.72. The Hall–Kier alpha value is -1.55. The number of anilines is 1. The maximum Gasteiger partial charge on any atom is 0.224 e. The van der Waals surface area contributed by atoms with Crippen molar-refractivity contribution in [1.82, 2.24) is 5.32 Å². The van der Waals surface area contributed by atoms with E-state index in [2.05, 4.69) is 5.32 Å². The molecule has 0 spiro atoms. The van der Waals surface area contributed by atoms with Gasteiger partial charge in [0.05, 0.1) is 13.0 Å². The molecule has 0 radical (unpaired) electrons. The zero-order chi connectivity index (χ0) is 12.7. The average molecular weight is 236 g/mol. The van der Waals surface area contributed by atoms with Crippen LogP contribution in [0.4, 0.5) is 5.69 Å². The van der Waals surface area contributed by atoms with Gasteiger partial charge in [0.2, 0.25) is 5.91 Å². The molecule has 4 heteroatoms. The van der Waals surface area contributed by atoms with Gasteiger partial charge in [-0.2, -0.15) is 0 Å². The molecule has 1 aromatic rings. The number of benzene rings is 1. The summed E-state index contributed by atoms with van der Waals surface area (Å²) >= 11 is 0.